The first-order valence-corrected chi connectivity index (χ1v) is 7.62. The van der Waals surface area contributed by atoms with Crippen molar-refractivity contribution < 1.29 is 14.6 Å². The normalized spacial score (nSPS) is 12.9. The molecule has 0 atom stereocenters. The van der Waals surface area contributed by atoms with Crippen LogP contribution in [-0.4, -0.2) is 5.97 Å². The molecule has 3 heteroatoms. The van der Waals surface area contributed by atoms with Gasteiger partial charge in [0.05, 0.1) is 0 Å². The lowest BCUT2D eigenvalue weighted by molar-refractivity contribution is -0.259. The molecule has 1 radical (unpaired) electrons. The van der Waals surface area contributed by atoms with Crippen LogP contribution in [0.1, 0.15) is 65.5 Å². The zero-order valence-corrected chi connectivity index (χ0v) is 14.7. The Bertz CT molecular complexity index is 522. The Morgan fingerprint density at radius 1 is 1.05 bits per heavy atom. The first-order valence-electron chi connectivity index (χ1n) is 7.62. The summed E-state index contributed by atoms with van der Waals surface area (Å²) < 4.78 is 0. The number of rotatable bonds is 6. The van der Waals surface area contributed by atoms with Gasteiger partial charge in [-0.05, 0) is 37.8 Å². The van der Waals surface area contributed by atoms with Crippen molar-refractivity contribution in [3.05, 3.63) is 53.1 Å². The number of carbonyl (C=O) groups excluding carboxylic acids is 1. The summed E-state index contributed by atoms with van der Waals surface area (Å²) in [5, 5.41) is 0. The van der Waals surface area contributed by atoms with E-state index in [1.807, 2.05) is 6.08 Å². The third-order valence-corrected chi connectivity index (χ3v) is 3.50. The van der Waals surface area contributed by atoms with Crippen LogP contribution in [0.5, 0.6) is 0 Å². The molecule has 0 spiro atoms. The first-order chi connectivity index (χ1) is 10.1. The van der Waals surface area contributed by atoms with Crippen molar-refractivity contribution in [2.45, 2.75) is 59.8 Å². The molecule has 3 nitrogen and oxygen atoms in total. The van der Waals surface area contributed by atoms with Gasteiger partial charge in [-0.3, -0.25) is 4.89 Å². The third-order valence-electron chi connectivity index (χ3n) is 3.50. The average Bonchev–Trinajstić information content (AvgIpc) is 2.44. The van der Waals surface area contributed by atoms with Gasteiger partial charge < -0.3 is 0 Å². The lowest BCUT2D eigenvalue weighted by Crippen LogP contribution is -2.17. The second-order valence-corrected chi connectivity index (χ2v) is 6.69. The van der Waals surface area contributed by atoms with Crippen LogP contribution in [-0.2, 0) is 20.0 Å². The van der Waals surface area contributed by atoms with Gasteiger partial charge in [0.25, 0.3) is 0 Å². The molecule has 0 aliphatic heterocycles. The summed E-state index contributed by atoms with van der Waals surface area (Å²) in [5.74, 6) is 0.0446. The molecule has 22 heavy (non-hydrogen) atoms. The van der Waals surface area contributed by atoms with E-state index in [1.54, 1.807) is 20.8 Å². The Labute approximate surface area is 134 Å². The topological polar surface area (TPSA) is 35.5 Å². The van der Waals surface area contributed by atoms with E-state index in [-0.39, 0.29) is 5.41 Å². The molecule has 0 saturated heterocycles. The van der Waals surface area contributed by atoms with Crippen LogP contribution in [0.4, 0.5) is 0 Å². The lowest BCUT2D eigenvalue weighted by atomic mass is 9.82. The van der Waals surface area contributed by atoms with Gasteiger partial charge >= 0.3 is 5.97 Å². The summed E-state index contributed by atoms with van der Waals surface area (Å²) in [6.45, 7) is 13.7. The Morgan fingerprint density at radius 2 is 1.59 bits per heavy atom. The highest BCUT2D eigenvalue weighted by molar-refractivity contribution is 5.87. The Kier molecular flexibility index (Phi) is 6.36. The molecule has 0 fully saturated rings. The fourth-order valence-corrected chi connectivity index (χ4v) is 2.17. The summed E-state index contributed by atoms with van der Waals surface area (Å²) >= 11 is 0. The Hall–Kier alpha value is -1.61. The van der Waals surface area contributed by atoms with E-state index in [9.17, 15) is 4.79 Å². The molecule has 0 amide bonds. The van der Waals surface area contributed by atoms with Crippen LogP contribution in [0.3, 0.4) is 0 Å². The second kappa shape index (κ2) is 7.59. The van der Waals surface area contributed by atoms with E-state index in [1.165, 1.54) is 5.56 Å². The molecular formula is C19H27O3. The SMILES string of the molecule is C[C](C)OOC(=O)/C(C)=C\C(C)(C)c1ccc(C(C)C)cc1. The monoisotopic (exact) mass is 303 g/mol. The maximum Gasteiger partial charge on any atom is 0.368 e. The molecule has 1 aromatic carbocycles. The van der Waals surface area contributed by atoms with Gasteiger partial charge in [-0.2, -0.15) is 4.89 Å². The minimum absolute atomic E-state index is 0.260. The highest BCUT2D eigenvalue weighted by atomic mass is 17.2. The number of benzene rings is 1. The van der Waals surface area contributed by atoms with Crippen LogP contribution < -0.4 is 0 Å². The van der Waals surface area contributed by atoms with Crippen LogP contribution in [0.2, 0.25) is 0 Å². The fourth-order valence-electron chi connectivity index (χ4n) is 2.17. The Balaban J connectivity index is 2.88. The Morgan fingerprint density at radius 3 is 2.05 bits per heavy atom. The molecular weight excluding hydrogens is 276 g/mol. The quantitative estimate of drug-likeness (QED) is 0.417. The van der Waals surface area contributed by atoms with Gasteiger partial charge in [-0.25, -0.2) is 4.79 Å². The molecule has 0 N–H and O–H groups in total. The number of hydrogen-bond acceptors (Lipinski definition) is 3. The van der Waals surface area contributed by atoms with E-state index in [2.05, 4.69) is 52.0 Å². The van der Waals surface area contributed by atoms with E-state index in [0.29, 0.717) is 17.6 Å². The molecule has 121 valence electrons. The van der Waals surface area contributed by atoms with Crippen molar-refractivity contribution in [1.82, 2.24) is 0 Å². The minimum atomic E-state index is -0.465. The summed E-state index contributed by atoms with van der Waals surface area (Å²) in [5.41, 5.74) is 2.73. The van der Waals surface area contributed by atoms with Crippen molar-refractivity contribution in [1.29, 1.82) is 0 Å². The molecule has 1 rings (SSSR count). The predicted molar refractivity (Wildman–Crippen MR) is 89.1 cm³/mol. The molecule has 1 aromatic rings. The standard InChI is InChI=1S/C19H27O3/c1-13(2)16-8-10-17(11-9-16)19(6,7)12-15(5)18(20)22-21-14(3)4/h8-13H,1-7H3/b15-12-. The van der Waals surface area contributed by atoms with Crippen molar-refractivity contribution >= 4 is 5.97 Å². The summed E-state index contributed by atoms with van der Waals surface area (Å²) in [7, 11) is 0. The lowest BCUT2D eigenvalue weighted by Gasteiger charge is -2.22. The highest BCUT2D eigenvalue weighted by Gasteiger charge is 2.21. The van der Waals surface area contributed by atoms with E-state index in [0.717, 1.165) is 5.56 Å². The maximum absolute atomic E-state index is 11.9. The second-order valence-electron chi connectivity index (χ2n) is 6.69. The maximum atomic E-state index is 11.9. The van der Waals surface area contributed by atoms with Crippen LogP contribution in [0.25, 0.3) is 0 Å². The highest BCUT2D eigenvalue weighted by Crippen LogP contribution is 2.28. The van der Waals surface area contributed by atoms with E-state index >= 15 is 0 Å². The fraction of sp³-hybridized carbons (Fsp3) is 0.474. The summed E-state index contributed by atoms with van der Waals surface area (Å²) in [6, 6.07) is 8.51. The third kappa shape index (κ3) is 5.30. The number of hydrogen-bond donors (Lipinski definition) is 0. The number of carbonyl (C=O) groups is 1. The molecule has 0 saturated carbocycles. The average molecular weight is 303 g/mol. The van der Waals surface area contributed by atoms with Crippen molar-refractivity contribution in [3.63, 3.8) is 0 Å². The van der Waals surface area contributed by atoms with Crippen molar-refractivity contribution in [3.8, 4) is 0 Å². The van der Waals surface area contributed by atoms with E-state index in [4.69, 9.17) is 9.78 Å². The number of allylic oxidation sites excluding steroid dienone is 1. The predicted octanol–water partition coefficient (Wildman–Crippen LogP) is 5.08. The van der Waals surface area contributed by atoms with Crippen molar-refractivity contribution in [2.75, 3.05) is 0 Å². The zero-order valence-electron chi connectivity index (χ0n) is 14.7. The van der Waals surface area contributed by atoms with Crippen molar-refractivity contribution in [2.24, 2.45) is 0 Å². The summed E-state index contributed by atoms with van der Waals surface area (Å²) in [4.78, 5) is 21.4. The summed E-state index contributed by atoms with van der Waals surface area (Å²) in [6.07, 6.45) is 2.50. The molecule has 0 bridgehead atoms. The van der Waals surface area contributed by atoms with Crippen LogP contribution in [0, 0.1) is 6.10 Å². The molecule has 0 unspecified atom stereocenters. The van der Waals surface area contributed by atoms with Gasteiger partial charge in [0.2, 0.25) is 0 Å². The van der Waals surface area contributed by atoms with Crippen LogP contribution in [0.15, 0.2) is 35.9 Å². The van der Waals surface area contributed by atoms with Gasteiger partial charge in [0.1, 0.15) is 6.10 Å². The first kappa shape index (κ1) is 18.4. The smallest absolute Gasteiger partial charge is 0.293 e. The van der Waals surface area contributed by atoms with Crippen LogP contribution >= 0.6 is 0 Å². The van der Waals surface area contributed by atoms with Gasteiger partial charge in [-0.1, -0.05) is 58.0 Å². The van der Waals surface area contributed by atoms with Gasteiger partial charge in [0, 0.05) is 11.0 Å². The molecule has 0 aliphatic rings. The minimum Gasteiger partial charge on any atom is -0.293 e. The molecule has 0 heterocycles. The largest absolute Gasteiger partial charge is 0.368 e. The van der Waals surface area contributed by atoms with Gasteiger partial charge in [0.15, 0.2) is 0 Å². The zero-order chi connectivity index (χ0) is 16.9. The molecule has 0 aromatic heterocycles. The molecule has 0 aliphatic carbocycles. The van der Waals surface area contributed by atoms with Gasteiger partial charge in [-0.15, -0.1) is 0 Å². The van der Waals surface area contributed by atoms with E-state index < -0.39 is 5.97 Å².